The Hall–Kier alpha value is -3.18. The summed E-state index contributed by atoms with van der Waals surface area (Å²) in [5.74, 6) is 0. The van der Waals surface area contributed by atoms with Crippen molar-refractivity contribution in [3.05, 3.63) is 84.2 Å². The van der Waals surface area contributed by atoms with Crippen LogP contribution < -0.4 is 11.1 Å². The first-order chi connectivity index (χ1) is 12.7. The molecule has 0 aliphatic heterocycles. The molecule has 3 aromatic rings. The first-order valence-corrected chi connectivity index (χ1v) is 8.36. The molecule has 5 heteroatoms. The van der Waals surface area contributed by atoms with Crippen LogP contribution in [0.25, 0.3) is 11.1 Å². The molecule has 3 rings (SSSR count). The molecule has 26 heavy (non-hydrogen) atoms. The number of carbonyl (C=O) groups excluding carboxylic acids is 1. The average molecular weight is 347 g/mol. The second-order valence-corrected chi connectivity index (χ2v) is 5.96. The van der Waals surface area contributed by atoms with Gasteiger partial charge < -0.3 is 10.5 Å². The van der Waals surface area contributed by atoms with Crippen molar-refractivity contribution in [3.8, 4) is 11.1 Å². The van der Waals surface area contributed by atoms with Crippen molar-refractivity contribution in [1.82, 2.24) is 4.98 Å². The summed E-state index contributed by atoms with van der Waals surface area (Å²) in [6.45, 7) is 0. The fraction of sp³-hybridized carbons (Fsp3) is 0.143. The molecule has 1 heterocycles. The van der Waals surface area contributed by atoms with E-state index in [0.717, 1.165) is 23.2 Å². The maximum absolute atomic E-state index is 11.3. The van der Waals surface area contributed by atoms with E-state index in [2.05, 4.69) is 27.2 Å². The topological polar surface area (TPSA) is 77.2 Å². The standard InChI is InChI=1S/C21H21N3O2/c1-26-21(25)24-18-9-7-16(8-10-18)17-11-12-23-20(14-17)19(22)13-15-5-3-2-4-6-15/h2-12,14,19H,13,22H2,1H3,(H,24,25)/t19-/m0/s1. The number of hydrogen-bond acceptors (Lipinski definition) is 4. The maximum atomic E-state index is 11.3. The highest BCUT2D eigenvalue weighted by Gasteiger charge is 2.10. The SMILES string of the molecule is COC(=O)Nc1ccc(-c2ccnc([C@@H](N)Cc3ccccc3)c2)cc1. The van der Waals surface area contributed by atoms with E-state index in [4.69, 9.17) is 5.73 Å². The normalized spacial score (nSPS) is 11.6. The van der Waals surface area contributed by atoms with Gasteiger partial charge in [0.15, 0.2) is 0 Å². The number of amides is 1. The molecule has 3 N–H and O–H groups in total. The smallest absolute Gasteiger partial charge is 0.411 e. The summed E-state index contributed by atoms with van der Waals surface area (Å²) in [6.07, 6.45) is 2.02. The van der Waals surface area contributed by atoms with Gasteiger partial charge in [0.2, 0.25) is 0 Å². The fourth-order valence-electron chi connectivity index (χ4n) is 2.72. The molecule has 0 aliphatic carbocycles. The van der Waals surface area contributed by atoms with E-state index >= 15 is 0 Å². The molecule has 0 saturated heterocycles. The van der Waals surface area contributed by atoms with Crippen LogP contribution in [0.3, 0.4) is 0 Å². The molecular formula is C21H21N3O2. The Bertz CT molecular complexity index is 864. The number of anilines is 1. The molecule has 5 nitrogen and oxygen atoms in total. The van der Waals surface area contributed by atoms with E-state index in [1.54, 1.807) is 6.20 Å². The van der Waals surface area contributed by atoms with Crippen molar-refractivity contribution >= 4 is 11.8 Å². The average Bonchev–Trinajstić information content (AvgIpc) is 2.69. The van der Waals surface area contributed by atoms with Crippen molar-refractivity contribution < 1.29 is 9.53 Å². The first-order valence-electron chi connectivity index (χ1n) is 8.36. The van der Waals surface area contributed by atoms with E-state index in [-0.39, 0.29) is 6.04 Å². The quantitative estimate of drug-likeness (QED) is 0.726. The van der Waals surface area contributed by atoms with Crippen LogP contribution in [0.2, 0.25) is 0 Å². The number of benzene rings is 2. The number of ether oxygens (including phenoxy) is 1. The molecule has 1 amide bonds. The summed E-state index contributed by atoms with van der Waals surface area (Å²) in [5.41, 5.74) is 11.1. The lowest BCUT2D eigenvalue weighted by atomic mass is 10.00. The van der Waals surface area contributed by atoms with Crippen LogP contribution in [-0.2, 0) is 11.2 Å². The number of rotatable bonds is 5. The Balaban J connectivity index is 1.75. The minimum atomic E-state index is -0.490. The molecule has 0 aliphatic rings. The van der Waals surface area contributed by atoms with Crippen molar-refractivity contribution in [1.29, 1.82) is 0 Å². The predicted molar refractivity (Wildman–Crippen MR) is 103 cm³/mol. The molecule has 0 fully saturated rings. The largest absolute Gasteiger partial charge is 0.453 e. The molecule has 1 aromatic heterocycles. The Kier molecular flexibility index (Phi) is 5.61. The third kappa shape index (κ3) is 4.46. The number of hydrogen-bond donors (Lipinski definition) is 2. The predicted octanol–water partition coefficient (Wildman–Crippen LogP) is 4.17. The zero-order chi connectivity index (χ0) is 18.4. The summed E-state index contributed by atoms with van der Waals surface area (Å²) in [7, 11) is 1.33. The van der Waals surface area contributed by atoms with Crippen LogP contribution >= 0.6 is 0 Å². The van der Waals surface area contributed by atoms with Crippen molar-refractivity contribution in [3.63, 3.8) is 0 Å². The van der Waals surface area contributed by atoms with Gasteiger partial charge in [-0.15, -0.1) is 0 Å². The highest BCUT2D eigenvalue weighted by atomic mass is 16.5. The lowest BCUT2D eigenvalue weighted by molar-refractivity contribution is 0.187. The minimum absolute atomic E-state index is 0.169. The number of methoxy groups -OCH3 is 1. The van der Waals surface area contributed by atoms with Crippen LogP contribution in [-0.4, -0.2) is 18.2 Å². The van der Waals surface area contributed by atoms with Crippen LogP contribution in [0.1, 0.15) is 17.3 Å². The third-order valence-corrected chi connectivity index (χ3v) is 4.11. The van der Waals surface area contributed by atoms with Gasteiger partial charge in [0.1, 0.15) is 0 Å². The molecule has 0 radical (unpaired) electrons. The molecule has 0 unspecified atom stereocenters. The van der Waals surface area contributed by atoms with E-state index < -0.39 is 6.09 Å². The van der Waals surface area contributed by atoms with Crippen LogP contribution in [0.15, 0.2) is 72.9 Å². The monoisotopic (exact) mass is 347 g/mol. The number of nitrogens with two attached hydrogens (primary N) is 1. The molecule has 0 spiro atoms. The van der Waals surface area contributed by atoms with E-state index in [9.17, 15) is 4.79 Å². The van der Waals surface area contributed by atoms with E-state index in [1.807, 2.05) is 54.6 Å². The highest BCUT2D eigenvalue weighted by Crippen LogP contribution is 2.24. The van der Waals surface area contributed by atoms with Gasteiger partial charge in [0, 0.05) is 11.9 Å². The van der Waals surface area contributed by atoms with Gasteiger partial charge in [-0.25, -0.2) is 4.79 Å². The van der Waals surface area contributed by atoms with Gasteiger partial charge in [0.25, 0.3) is 0 Å². The molecular weight excluding hydrogens is 326 g/mol. The Morgan fingerprint density at radius 3 is 2.50 bits per heavy atom. The van der Waals surface area contributed by atoms with Gasteiger partial charge in [-0.05, 0) is 47.4 Å². The Morgan fingerprint density at radius 1 is 1.08 bits per heavy atom. The van der Waals surface area contributed by atoms with Gasteiger partial charge >= 0.3 is 6.09 Å². The molecule has 132 valence electrons. The number of pyridine rings is 1. The van der Waals surface area contributed by atoms with Gasteiger partial charge in [-0.3, -0.25) is 10.3 Å². The Morgan fingerprint density at radius 2 is 1.81 bits per heavy atom. The molecule has 0 saturated carbocycles. The molecule has 1 atom stereocenters. The second-order valence-electron chi connectivity index (χ2n) is 5.96. The van der Waals surface area contributed by atoms with E-state index in [0.29, 0.717) is 5.69 Å². The van der Waals surface area contributed by atoms with Crippen molar-refractivity contribution in [2.45, 2.75) is 12.5 Å². The summed E-state index contributed by atoms with van der Waals surface area (Å²) in [6, 6.07) is 21.5. The summed E-state index contributed by atoms with van der Waals surface area (Å²) in [4.78, 5) is 15.7. The molecule has 0 bridgehead atoms. The zero-order valence-corrected chi connectivity index (χ0v) is 14.6. The lowest BCUT2D eigenvalue weighted by Gasteiger charge is -2.13. The highest BCUT2D eigenvalue weighted by molar-refractivity contribution is 5.85. The number of carbonyl (C=O) groups is 1. The second kappa shape index (κ2) is 8.27. The van der Waals surface area contributed by atoms with Crippen molar-refractivity contribution in [2.24, 2.45) is 5.73 Å². The molecule has 2 aromatic carbocycles. The number of nitrogens with zero attached hydrogens (tertiary/aromatic N) is 1. The number of nitrogens with one attached hydrogen (secondary N) is 1. The minimum Gasteiger partial charge on any atom is -0.453 e. The van der Waals surface area contributed by atoms with Crippen LogP contribution in [0, 0.1) is 0 Å². The first kappa shape index (κ1) is 17.6. The zero-order valence-electron chi connectivity index (χ0n) is 14.6. The summed E-state index contributed by atoms with van der Waals surface area (Å²) >= 11 is 0. The van der Waals surface area contributed by atoms with Gasteiger partial charge in [-0.1, -0.05) is 42.5 Å². The number of aromatic nitrogens is 1. The third-order valence-electron chi connectivity index (χ3n) is 4.11. The van der Waals surface area contributed by atoms with Gasteiger partial charge in [0.05, 0.1) is 18.8 Å². The van der Waals surface area contributed by atoms with Crippen molar-refractivity contribution in [2.75, 3.05) is 12.4 Å². The van der Waals surface area contributed by atoms with Gasteiger partial charge in [-0.2, -0.15) is 0 Å². The summed E-state index contributed by atoms with van der Waals surface area (Å²) in [5, 5.41) is 2.63. The lowest BCUT2D eigenvalue weighted by Crippen LogP contribution is -2.14. The van der Waals surface area contributed by atoms with E-state index in [1.165, 1.54) is 12.7 Å². The summed E-state index contributed by atoms with van der Waals surface area (Å²) < 4.78 is 4.59. The Labute approximate surface area is 152 Å². The fourth-order valence-corrected chi connectivity index (χ4v) is 2.72. The maximum Gasteiger partial charge on any atom is 0.411 e. The van der Waals surface area contributed by atoms with Crippen LogP contribution in [0.5, 0.6) is 0 Å². The van der Waals surface area contributed by atoms with Crippen LogP contribution in [0.4, 0.5) is 10.5 Å².